The van der Waals surface area contributed by atoms with Crippen LogP contribution in [0.3, 0.4) is 0 Å². The number of carbonyl (C=O) groups is 4. The highest BCUT2D eigenvalue weighted by atomic mass is 16.6. The Labute approximate surface area is 238 Å². The normalized spacial score (nSPS) is 39.5. The highest BCUT2D eigenvalue weighted by molar-refractivity contribution is 5.92. The number of epoxide rings is 1. The number of esters is 3. The number of ether oxygens (including phenoxy) is 4. The van der Waals surface area contributed by atoms with Crippen LogP contribution in [0.4, 0.5) is 0 Å². The lowest BCUT2D eigenvalue weighted by molar-refractivity contribution is -0.186. The summed E-state index contributed by atoms with van der Waals surface area (Å²) in [6, 6.07) is 8.80. The molecule has 9 nitrogen and oxygen atoms in total. The second kappa shape index (κ2) is 9.22. The number of hydrogen-bond acceptors (Lipinski definition) is 9. The van der Waals surface area contributed by atoms with Gasteiger partial charge in [-0.1, -0.05) is 37.3 Å². The van der Waals surface area contributed by atoms with Crippen LogP contribution in [0.15, 0.2) is 66.0 Å². The van der Waals surface area contributed by atoms with Crippen molar-refractivity contribution in [2.45, 2.75) is 70.4 Å². The summed E-state index contributed by atoms with van der Waals surface area (Å²) in [5.74, 6) is -2.21. The number of allylic oxidation sites excluding steroid dienone is 3. The van der Waals surface area contributed by atoms with Crippen LogP contribution >= 0.6 is 0 Å². The van der Waals surface area contributed by atoms with Crippen molar-refractivity contribution in [1.29, 1.82) is 0 Å². The first-order valence-electron chi connectivity index (χ1n) is 14.0. The third kappa shape index (κ3) is 3.82. The molecular weight excluding hydrogens is 528 g/mol. The van der Waals surface area contributed by atoms with E-state index in [-0.39, 0.29) is 24.4 Å². The molecule has 5 aliphatic rings. The van der Waals surface area contributed by atoms with Crippen molar-refractivity contribution in [3.05, 3.63) is 71.5 Å². The van der Waals surface area contributed by atoms with Gasteiger partial charge in [-0.15, -0.1) is 0 Å². The molecule has 0 amide bonds. The van der Waals surface area contributed by atoms with E-state index < -0.39 is 58.4 Å². The van der Waals surface area contributed by atoms with Gasteiger partial charge in [0.05, 0.1) is 11.7 Å². The molecule has 1 saturated heterocycles. The molecule has 3 fully saturated rings. The molecule has 4 unspecified atom stereocenters. The van der Waals surface area contributed by atoms with Gasteiger partial charge in [-0.25, -0.2) is 4.79 Å². The summed E-state index contributed by atoms with van der Waals surface area (Å²) in [6.07, 6.45) is 7.73. The molecule has 1 aromatic rings. The average Bonchev–Trinajstić information content (AvgIpc) is 3.61. The predicted octanol–water partition coefficient (Wildman–Crippen LogP) is 3.61. The Morgan fingerprint density at radius 3 is 2.46 bits per heavy atom. The fourth-order valence-corrected chi connectivity index (χ4v) is 8.30. The number of fused-ring (bicyclic) bond motifs is 3. The van der Waals surface area contributed by atoms with Gasteiger partial charge in [0, 0.05) is 24.7 Å². The standard InChI is InChI=1S/C32H34O9/c1-18(33)38-17-25(35)31(37)26(39-19(2)34)15-24-23-11-10-21-14-22(40-28(36)20-8-6-5-7-9-20)12-13-29(21,3)32(23)27(41-32)16-30(24,31)4/h5-10,12-14,23-24,26-27,37H,11,15-17H2,1-4H3/t23?,24?,26-,27?,29+,30?,31-,32-/m1/s1. The third-order valence-electron chi connectivity index (χ3n) is 10.3. The molecule has 1 spiro atoms. The van der Waals surface area contributed by atoms with Gasteiger partial charge in [-0.05, 0) is 67.9 Å². The molecule has 1 aliphatic heterocycles. The predicted molar refractivity (Wildman–Crippen MR) is 144 cm³/mol. The van der Waals surface area contributed by atoms with Crippen LogP contribution in [0.25, 0.3) is 0 Å². The van der Waals surface area contributed by atoms with Crippen LogP contribution in [0.5, 0.6) is 0 Å². The maximum Gasteiger partial charge on any atom is 0.343 e. The van der Waals surface area contributed by atoms with Crippen molar-refractivity contribution >= 4 is 23.7 Å². The molecule has 41 heavy (non-hydrogen) atoms. The van der Waals surface area contributed by atoms with E-state index in [1.807, 2.05) is 25.1 Å². The highest BCUT2D eigenvalue weighted by Gasteiger charge is 2.82. The number of hydrogen-bond donors (Lipinski definition) is 1. The summed E-state index contributed by atoms with van der Waals surface area (Å²) in [5, 5.41) is 12.1. The van der Waals surface area contributed by atoms with Crippen LogP contribution in [0.2, 0.25) is 0 Å². The monoisotopic (exact) mass is 562 g/mol. The molecule has 1 heterocycles. The smallest absolute Gasteiger partial charge is 0.343 e. The Bertz CT molecular complexity index is 1430. The molecule has 6 rings (SSSR count). The Balaban J connectivity index is 1.32. The van der Waals surface area contributed by atoms with Crippen LogP contribution in [0.1, 0.15) is 57.3 Å². The number of aliphatic hydroxyl groups is 1. The molecule has 8 atom stereocenters. The van der Waals surface area contributed by atoms with Crippen molar-refractivity contribution in [3.8, 4) is 0 Å². The molecule has 9 heteroatoms. The molecule has 0 aromatic heterocycles. The van der Waals surface area contributed by atoms with E-state index in [4.69, 9.17) is 18.9 Å². The molecule has 2 saturated carbocycles. The van der Waals surface area contributed by atoms with Gasteiger partial charge < -0.3 is 24.1 Å². The lowest BCUT2D eigenvalue weighted by Crippen LogP contribution is -2.63. The minimum Gasteiger partial charge on any atom is -0.459 e. The van der Waals surface area contributed by atoms with Crippen molar-refractivity contribution < 1.29 is 43.2 Å². The molecule has 0 radical (unpaired) electrons. The topological polar surface area (TPSA) is 129 Å². The number of rotatable bonds is 6. The van der Waals surface area contributed by atoms with E-state index in [0.717, 1.165) is 5.57 Å². The van der Waals surface area contributed by atoms with Crippen molar-refractivity contribution in [3.63, 3.8) is 0 Å². The first-order valence-corrected chi connectivity index (χ1v) is 14.0. The Morgan fingerprint density at radius 1 is 1.05 bits per heavy atom. The van der Waals surface area contributed by atoms with Gasteiger partial charge in [-0.2, -0.15) is 0 Å². The number of ketones is 1. The van der Waals surface area contributed by atoms with Crippen LogP contribution in [-0.2, 0) is 33.3 Å². The minimum absolute atomic E-state index is 0.0833. The zero-order chi connectivity index (χ0) is 29.4. The summed E-state index contributed by atoms with van der Waals surface area (Å²) in [6.45, 7) is 5.80. The lowest BCUT2D eigenvalue weighted by atomic mass is 9.48. The Kier molecular flexibility index (Phi) is 6.21. The summed E-state index contributed by atoms with van der Waals surface area (Å²) >= 11 is 0. The van der Waals surface area contributed by atoms with Gasteiger partial charge in [0.2, 0.25) is 5.78 Å². The first kappa shape index (κ1) is 27.6. The van der Waals surface area contributed by atoms with E-state index in [2.05, 4.69) is 13.0 Å². The van der Waals surface area contributed by atoms with E-state index in [1.165, 1.54) is 13.8 Å². The fourth-order valence-electron chi connectivity index (χ4n) is 8.30. The molecule has 4 aliphatic carbocycles. The second-order valence-corrected chi connectivity index (χ2v) is 12.3. The van der Waals surface area contributed by atoms with Gasteiger partial charge in [0.25, 0.3) is 0 Å². The quantitative estimate of drug-likeness (QED) is 0.314. The molecule has 0 bridgehead atoms. The minimum atomic E-state index is -2.04. The van der Waals surface area contributed by atoms with Gasteiger partial charge in [-0.3, -0.25) is 14.4 Å². The Morgan fingerprint density at radius 2 is 1.78 bits per heavy atom. The summed E-state index contributed by atoms with van der Waals surface area (Å²) in [7, 11) is 0. The zero-order valence-electron chi connectivity index (χ0n) is 23.5. The molecule has 1 N–H and O–H groups in total. The van der Waals surface area contributed by atoms with Crippen molar-refractivity contribution in [1.82, 2.24) is 0 Å². The summed E-state index contributed by atoms with van der Waals surface area (Å²) in [4.78, 5) is 49.7. The lowest BCUT2D eigenvalue weighted by Gasteiger charge is -2.54. The maximum atomic E-state index is 13.5. The SMILES string of the molecule is CC(=O)OCC(=O)[C@@]1(O)[C@H](OC(C)=O)CC2C3CC=C4C=C(OC(=O)c5ccccc5)C=C[C@]4(C)[C@@]34OC4CC21C. The number of carbonyl (C=O) groups excluding carboxylic acids is 4. The van der Waals surface area contributed by atoms with Crippen LogP contribution in [0, 0.1) is 22.7 Å². The fraction of sp³-hybridized carbons (Fsp3) is 0.500. The molecule has 1 aromatic carbocycles. The number of benzene rings is 1. The summed E-state index contributed by atoms with van der Waals surface area (Å²) in [5.41, 5.74) is -2.70. The maximum absolute atomic E-state index is 13.5. The third-order valence-corrected chi connectivity index (χ3v) is 10.3. The van der Waals surface area contributed by atoms with Gasteiger partial charge in [0.15, 0.2) is 12.2 Å². The van der Waals surface area contributed by atoms with Crippen LogP contribution in [-0.4, -0.2) is 58.8 Å². The highest BCUT2D eigenvalue weighted by Crippen LogP contribution is 2.75. The second-order valence-electron chi connectivity index (χ2n) is 12.3. The molecular formula is C32H34O9. The van der Waals surface area contributed by atoms with E-state index in [1.54, 1.807) is 30.3 Å². The van der Waals surface area contributed by atoms with Gasteiger partial charge in [0.1, 0.15) is 17.5 Å². The average molecular weight is 563 g/mol. The number of Topliss-reactive ketones (excluding diaryl/α,β-unsaturated/α-hetero) is 1. The van der Waals surface area contributed by atoms with E-state index in [9.17, 15) is 24.3 Å². The van der Waals surface area contributed by atoms with Gasteiger partial charge >= 0.3 is 17.9 Å². The van der Waals surface area contributed by atoms with E-state index >= 15 is 0 Å². The zero-order valence-corrected chi connectivity index (χ0v) is 23.5. The first-order chi connectivity index (χ1) is 19.4. The molecule has 216 valence electrons. The van der Waals surface area contributed by atoms with Crippen molar-refractivity contribution in [2.24, 2.45) is 22.7 Å². The van der Waals surface area contributed by atoms with Crippen molar-refractivity contribution in [2.75, 3.05) is 6.61 Å². The summed E-state index contributed by atoms with van der Waals surface area (Å²) < 4.78 is 22.8. The van der Waals surface area contributed by atoms with E-state index in [0.29, 0.717) is 24.2 Å². The largest absolute Gasteiger partial charge is 0.459 e. The van der Waals surface area contributed by atoms with Crippen LogP contribution < -0.4 is 0 Å². The Hall–Kier alpha value is -3.56.